The Morgan fingerprint density at radius 2 is 1.97 bits per heavy atom. The zero-order valence-electron chi connectivity index (χ0n) is 17.7. The van der Waals surface area contributed by atoms with Gasteiger partial charge in [-0.1, -0.05) is 53.6 Å². The van der Waals surface area contributed by atoms with Crippen molar-refractivity contribution in [3.8, 4) is 5.75 Å². The Morgan fingerprint density at radius 1 is 1.19 bits per heavy atom. The molecule has 1 unspecified atom stereocenters. The van der Waals surface area contributed by atoms with Crippen molar-refractivity contribution in [2.24, 2.45) is 5.10 Å². The summed E-state index contributed by atoms with van der Waals surface area (Å²) in [6.07, 6.45) is 0.0281. The first-order valence-electron chi connectivity index (χ1n) is 10.2. The van der Waals surface area contributed by atoms with Gasteiger partial charge in [-0.15, -0.1) is 0 Å². The summed E-state index contributed by atoms with van der Waals surface area (Å²) in [5.41, 5.74) is 4.02. The first-order chi connectivity index (χ1) is 15.4. The third-order valence-corrected chi connectivity index (χ3v) is 5.74. The summed E-state index contributed by atoms with van der Waals surface area (Å²) in [7, 11) is 1.57. The molecule has 7 nitrogen and oxygen atoms in total. The maximum absolute atomic E-state index is 12.9. The van der Waals surface area contributed by atoms with Crippen LogP contribution in [0.4, 0.5) is 0 Å². The van der Waals surface area contributed by atoms with E-state index < -0.39 is 12.0 Å². The number of ether oxygens (including phenoxy) is 1. The van der Waals surface area contributed by atoms with E-state index in [2.05, 4.69) is 10.1 Å². The van der Waals surface area contributed by atoms with Crippen LogP contribution >= 0.6 is 11.6 Å². The number of aryl methyl sites for hydroxylation is 1. The highest BCUT2D eigenvalue weighted by atomic mass is 35.5. The van der Waals surface area contributed by atoms with E-state index in [1.165, 1.54) is 5.01 Å². The Kier molecular flexibility index (Phi) is 6.10. The van der Waals surface area contributed by atoms with Crippen LogP contribution in [0.3, 0.4) is 0 Å². The fraction of sp³-hybridized carbons (Fsp3) is 0.250. The van der Waals surface area contributed by atoms with Crippen molar-refractivity contribution in [2.75, 3.05) is 7.11 Å². The number of halogens is 1. The first kappa shape index (κ1) is 21.8. The molecule has 164 valence electrons. The molecule has 1 aromatic heterocycles. The lowest BCUT2D eigenvalue weighted by atomic mass is 9.97. The minimum Gasteiger partial charge on any atom is -0.494 e. The number of fused-ring (bicyclic) bond motifs is 1. The molecule has 8 heteroatoms. The number of hydrogen-bond donors (Lipinski definition) is 1. The lowest BCUT2D eigenvalue weighted by Crippen LogP contribution is -2.27. The molecule has 0 radical (unpaired) electrons. The summed E-state index contributed by atoms with van der Waals surface area (Å²) in [6.45, 7) is 1.99. The van der Waals surface area contributed by atoms with Gasteiger partial charge in [0.2, 0.25) is 5.91 Å². The molecule has 1 atom stereocenters. The number of benzene rings is 2. The van der Waals surface area contributed by atoms with Gasteiger partial charge >= 0.3 is 5.97 Å². The molecule has 3 aromatic rings. The Hall–Kier alpha value is -3.45. The number of carbonyl (C=O) groups excluding carboxylic acids is 1. The van der Waals surface area contributed by atoms with Gasteiger partial charge < -0.3 is 9.84 Å². The summed E-state index contributed by atoms with van der Waals surface area (Å²) in [4.78, 5) is 28.5. The quantitative estimate of drug-likeness (QED) is 0.546. The van der Waals surface area contributed by atoms with Crippen molar-refractivity contribution in [3.63, 3.8) is 0 Å². The SMILES string of the molecule is COc1cccc2cc(C3CC(c4cccc(C)c4)=NN3C(=O)CCC(=O)O)c(Cl)nc12. The average Bonchev–Trinajstić information content (AvgIpc) is 3.22. The lowest BCUT2D eigenvalue weighted by Gasteiger charge is -2.23. The van der Waals surface area contributed by atoms with Gasteiger partial charge in [-0.3, -0.25) is 9.59 Å². The van der Waals surface area contributed by atoms with Crippen molar-refractivity contribution < 1.29 is 19.4 Å². The van der Waals surface area contributed by atoms with Crippen LogP contribution in [0.5, 0.6) is 5.75 Å². The highest BCUT2D eigenvalue weighted by molar-refractivity contribution is 6.30. The molecular weight excluding hydrogens is 430 g/mol. The van der Waals surface area contributed by atoms with E-state index in [1.807, 2.05) is 55.5 Å². The van der Waals surface area contributed by atoms with Crippen molar-refractivity contribution in [1.82, 2.24) is 9.99 Å². The van der Waals surface area contributed by atoms with Crippen molar-refractivity contribution in [1.29, 1.82) is 0 Å². The number of hydrogen-bond acceptors (Lipinski definition) is 5. The molecule has 0 saturated heterocycles. The topological polar surface area (TPSA) is 92.1 Å². The fourth-order valence-electron chi connectivity index (χ4n) is 3.87. The molecule has 1 amide bonds. The van der Waals surface area contributed by atoms with Crippen LogP contribution in [0.15, 0.2) is 53.6 Å². The molecule has 2 aromatic carbocycles. The maximum Gasteiger partial charge on any atom is 0.303 e. The number of para-hydroxylation sites is 1. The Bertz CT molecular complexity index is 1240. The van der Waals surface area contributed by atoms with E-state index in [0.717, 1.165) is 22.2 Å². The van der Waals surface area contributed by atoms with Gasteiger partial charge in [0.25, 0.3) is 0 Å². The molecule has 0 fully saturated rings. The van der Waals surface area contributed by atoms with E-state index in [0.29, 0.717) is 23.3 Å². The number of hydrazone groups is 1. The van der Waals surface area contributed by atoms with Crippen molar-refractivity contribution in [3.05, 3.63) is 70.4 Å². The van der Waals surface area contributed by atoms with Crippen LogP contribution in [-0.4, -0.2) is 39.8 Å². The predicted octanol–water partition coefficient (Wildman–Crippen LogP) is 4.75. The number of aliphatic carboxylic acids is 1. The monoisotopic (exact) mass is 451 g/mol. The van der Waals surface area contributed by atoms with Crippen LogP contribution in [-0.2, 0) is 9.59 Å². The number of nitrogens with zero attached hydrogens (tertiary/aromatic N) is 3. The second-order valence-corrected chi connectivity index (χ2v) is 8.03. The summed E-state index contributed by atoms with van der Waals surface area (Å²) in [5, 5.41) is 16.0. The maximum atomic E-state index is 12.9. The Morgan fingerprint density at radius 3 is 2.69 bits per heavy atom. The molecule has 1 aliphatic rings. The smallest absolute Gasteiger partial charge is 0.303 e. The van der Waals surface area contributed by atoms with Crippen LogP contribution in [0.1, 0.15) is 42.0 Å². The highest BCUT2D eigenvalue weighted by Gasteiger charge is 2.35. The number of aromatic nitrogens is 1. The number of methoxy groups -OCH3 is 1. The summed E-state index contributed by atoms with van der Waals surface area (Å²) < 4.78 is 5.38. The molecule has 1 N–H and O–H groups in total. The number of carboxylic acid groups (broad SMARTS) is 1. The second-order valence-electron chi connectivity index (χ2n) is 7.67. The molecule has 1 aliphatic heterocycles. The van der Waals surface area contributed by atoms with Crippen LogP contribution in [0.2, 0.25) is 5.15 Å². The predicted molar refractivity (Wildman–Crippen MR) is 122 cm³/mol. The van der Waals surface area contributed by atoms with E-state index >= 15 is 0 Å². The average molecular weight is 452 g/mol. The Labute approximate surface area is 190 Å². The van der Waals surface area contributed by atoms with Crippen LogP contribution < -0.4 is 4.74 Å². The van der Waals surface area contributed by atoms with E-state index in [1.54, 1.807) is 7.11 Å². The van der Waals surface area contributed by atoms with Crippen molar-refractivity contribution >= 4 is 40.1 Å². The van der Waals surface area contributed by atoms with Gasteiger partial charge in [0.1, 0.15) is 16.4 Å². The van der Waals surface area contributed by atoms with Gasteiger partial charge in [-0.05, 0) is 24.6 Å². The molecule has 4 rings (SSSR count). The Balaban J connectivity index is 1.76. The van der Waals surface area contributed by atoms with Crippen molar-refractivity contribution in [2.45, 2.75) is 32.2 Å². The third-order valence-electron chi connectivity index (χ3n) is 5.44. The minimum absolute atomic E-state index is 0.150. The van der Waals surface area contributed by atoms with Crippen LogP contribution in [0, 0.1) is 6.92 Å². The van der Waals surface area contributed by atoms with Gasteiger partial charge in [0.05, 0.1) is 25.3 Å². The van der Waals surface area contributed by atoms with Crippen LogP contribution in [0.25, 0.3) is 10.9 Å². The van der Waals surface area contributed by atoms with Gasteiger partial charge in [0.15, 0.2) is 0 Å². The minimum atomic E-state index is -1.03. The number of pyridine rings is 1. The molecule has 0 spiro atoms. The standard InChI is InChI=1S/C24H22ClN3O4/c1-14-5-3-6-15(11-14)18-13-19(28(27-18)21(29)9-10-22(30)31)17-12-16-7-4-8-20(32-2)23(16)26-24(17)25/h3-8,11-12,19H,9-10,13H2,1-2H3,(H,30,31). The number of amides is 1. The molecule has 0 aliphatic carbocycles. The normalized spacial score (nSPS) is 15.7. The zero-order valence-corrected chi connectivity index (χ0v) is 18.5. The number of rotatable bonds is 6. The fourth-order valence-corrected chi connectivity index (χ4v) is 4.14. The zero-order chi connectivity index (χ0) is 22.8. The molecule has 0 bridgehead atoms. The number of carbonyl (C=O) groups is 2. The molecule has 32 heavy (non-hydrogen) atoms. The van der Waals surface area contributed by atoms with Gasteiger partial charge in [-0.25, -0.2) is 9.99 Å². The highest BCUT2D eigenvalue weighted by Crippen LogP contribution is 2.38. The molecule has 0 saturated carbocycles. The summed E-state index contributed by atoms with van der Waals surface area (Å²) >= 11 is 6.58. The number of carboxylic acids is 1. The first-order valence-corrected chi connectivity index (χ1v) is 10.6. The van der Waals surface area contributed by atoms with E-state index in [9.17, 15) is 9.59 Å². The third kappa shape index (κ3) is 4.29. The molecule has 2 heterocycles. The lowest BCUT2D eigenvalue weighted by molar-refractivity contribution is -0.141. The van der Waals surface area contributed by atoms with Gasteiger partial charge in [-0.2, -0.15) is 5.10 Å². The summed E-state index contributed by atoms with van der Waals surface area (Å²) in [5.74, 6) is -0.801. The summed E-state index contributed by atoms with van der Waals surface area (Å²) in [6, 6.07) is 14.9. The van der Waals surface area contributed by atoms with E-state index in [4.69, 9.17) is 21.4 Å². The van der Waals surface area contributed by atoms with E-state index in [-0.39, 0.29) is 23.9 Å². The van der Waals surface area contributed by atoms with Gasteiger partial charge in [0, 0.05) is 23.8 Å². The molecular formula is C24H22ClN3O4. The second kappa shape index (κ2) is 8.96. The largest absolute Gasteiger partial charge is 0.494 e.